The molecule has 0 unspecified atom stereocenters. The van der Waals surface area contributed by atoms with Crippen molar-refractivity contribution in [3.63, 3.8) is 0 Å². The molecule has 0 saturated carbocycles. The Morgan fingerprint density at radius 1 is 1.29 bits per heavy atom. The summed E-state index contributed by atoms with van der Waals surface area (Å²) in [7, 11) is 1.69. The van der Waals surface area contributed by atoms with E-state index in [2.05, 4.69) is 22.6 Å². The number of methoxy groups -OCH3 is 1. The Morgan fingerprint density at radius 2 is 2.19 bits per heavy atom. The SMILES string of the molecule is CCCNCc1nc(COc2cccc(COC)c2)cs1. The summed E-state index contributed by atoms with van der Waals surface area (Å²) in [5.41, 5.74) is 2.09. The van der Waals surface area contributed by atoms with Crippen molar-refractivity contribution in [3.05, 3.63) is 45.9 Å². The monoisotopic (exact) mass is 306 g/mol. The van der Waals surface area contributed by atoms with Crippen LogP contribution in [0.15, 0.2) is 29.6 Å². The standard InChI is InChI=1S/C16H22N2O2S/c1-3-7-17-9-16-18-14(12-21-16)11-20-15-6-4-5-13(8-15)10-19-2/h4-6,8,12,17H,3,7,9-11H2,1-2H3. The second-order valence-corrected chi connectivity index (χ2v) is 5.72. The summed E-state index contributed by atoms with van der Waals surface area (Å²) in [4.78, 5) is 4.56. The van der Waals surface area contributed by atoms with Crippen LogP contribution in [0.1, 0.15) is 29.6 Å². The Morgan fingerprint density at radius 3 is 3.00 bits per heavy atom. The largest absolute Gasteiger partial charge is 0.487 e. The van der Waals surface area contributed by atoms with Crippen LogP contribution >= 0.6 is 11.3 Å². The van der Waals surface area contributed by atoms with Crippen LogP contribution in [0.25, 0.3) is 0 Å². The second kappa shape index (κ2) is 8.77. The Kier molecular flexibility index (Phi) is 6.66. The van der Waals surface area contributed by atoms with Crippen LogP contribution in [0.4, 0.5) is 0 Å². The van der Waals surface area contributed by atoms with Crippen molar-refractivity contribution < 1.29 is 9.47 Å². The van der Waals surface area contributed by atoms with Gasteiger partial charge in [-0.2, -0.15) is 0 Å². The van der Waals surface area contributed by atoms with Gasteiger partial charge in [-0.15, -0.1) is 11.3 Å². The van der Waals surface area contributed by atoms with E-state index in [0.717, 1.165) is 41.5 Å². The Bertz CT molecular complexity index is 543. The summed E-state index contributed by atoms with van der Waals surface area (Å²) in [5.74, 6) is 0.850. The predicted molar refractivity (Wildman–Crippen MR) is 85.6 cm³/mol. The number of ether oxygens (including phenoxy) is 2. The van der Waals surface area contributed by atoms with Gasteiger partial charge in [-0.25, -0.2) is 4.98 Å². The molecule has 0 aliphatic rings. The Hall–Kier alpha value is -1.43. The molecule has 0 saturated heterocycles. The Labute approximate surface area is 130 Å². The molecule has 4 nitrogen and oxygen atoms in total. The van der Waals surface area contributed by atoms with Crippen LogP contribution < -0.4 is 10.1 Å². The van der Waals surface area contributed by atoms with Crippen molar-refractivity contribution in [2.75, 3.05) is 13.7 Å². The second-order valence-electron chi connectivity index (χ2n) is 4.78. The number of rotatable bonds is 9. The van der Waals surface area contributed by atoms with E-state index in [4.69, 9.17) is 9.47 Å². The highest BCUT2D eigenvalue weighted by atomic mass is 32.1. The minimum atomic E-state index is 0.501. The number of thiazole rings is 1. The van der Waals surface area contributed by atoms with Crippen LogP contribution in [0, 0.1) is 0 Å². The third kappa shape index (κ3) is 5.46. The van der Waals surface area contributed by atoms with Gasteiger partial charge in [-0.3, -0.25) is 0 Å². The smallest absolute Gasteiger partial charge is 0.131 e. The number of nitrogens with zero attached hydrogens (tertiary/aromatic N) is 1. The van der Waals surface area contributed by atoms with E-state index in [1.54, 1.807) is 18.4 Å². The van der Waals surface area contributed by atoms with E-state index >= 15 is 0 Å². The molecule has 1 aromatic heterocycles. The van der Waals surface area contributed by atoms with Crippen LogP contribution in [-0.2, 0) is 24.5 Å². The lowest BCUT2D eigenvalue weighted by Crippen LogP contribution is -2.13. The lowest BCUT2D eigenvalue weighted by atomic mass is 10.2. The van der Waals surface area contributed by atoms with Gasteiger partial charge in [0.25, 0.3) is 0 Å². The molecule has 2 aromatic rings. The third-order valence-corrected chi connectivity index (χ3v) is 3.80. The molecule has 0 aliphatic heterocycles. The van der Waals surface area contributed by atoms with Crippen LogP contribution in [-0.4, -0.2) is 18.6 Å². The van der Waals surface area contributed by atoms with Crippen molar-refractivity contribution >= 4 is 11.3 Å². The first-order valence-electron chi connectivity index (χ1n) is 7.16. The van der Waals surface area contributed by atoms with E-state index in [-0.39, 0.29) is 0 Å². The molecule has 0 amide bonds. The van der Waals surface area contributed by atoms with Crippen molar-refractivity contribution in [3.8, 4) is 5.75 Å². The van der Waals surface area contributed by atoms with Gasteiger partial charge in [0.1, 0.15) is 17.4 Å². The molecule has 5 heteroatoms. The van der Waals surface area contributed by atoms with Gasteiger partial charge < -0.3 is 14.8 Å². The summed E-state index contributed by atoms with van der Waals surface area (Å²) in [6.45, 7) is 5.12. The molecule has 2 rings (SSSR count). The Balaban J connectivity index is 1.83. The predicted octanol–water partition coefficient (Wildman–Crippen LogP) is 3.37. The molecule has 0 aliphatic carbocycles. The molecule has 0 spiro atoms. The lowest BCUT2D eigenvalue weighted by Gasteiger charge is -2.06. The number of benzene rings is 1. The maximum absolute atomic E-state index is 5.79. The number of hydrogen-bond donors (Lipinski definition) is 1. The summed E-state index contributed by atoms with van der Waals surface area (Å²) in [5, 5.41) is 6.52. The van der Waals surface area contributed by atoms with Gasteiger partial charge in [0.2, 0.25) is 0 Å². The zero-order valence-electron chi connectivity index (χ0n) is 12.6. The van der Waals surface area contributed by atoms with E-state index in [1.807, 2.05) is 24.3 Å². The molecule has 0 fully saturated rings. The average Bonchev–Trinajstić information content (AvgIpc) is 2.94. The average molecular weight is 306 g/mol. The van der Waals surface area contributed by atoms with Crippen LogP contribution in [0.2, 0.25) is 0 Å². The molecular weight excluding hydrogens is 284 g/mol. The van der Waals surface area contributed by atoms with E-state index in [0.29, 0.717) is 13.2 Å². The highest BCUT2D eigenvalue weighted by molar-refractivity contribution is 7.09. The lowest BCUT2D eigenvalue weighted by molar-refractivity contribution is 0.184. The first kappa shape index (κ1) is 15.9. The zero-order valence-corrected chi connectivity index (χ0v) is 13.4. The molecule has 21 heavy (non-hydrogen) atoms. The molecule has 0 atom stereocenters. The van der Waals surface area contributed by atoms with Gasteiger partial charge >= 0.3 is 0 Å². The summed E-state index contributed by atoms with van der Waals surface area (Å²) in [6.07, 6.45) is 1.14. The maximum Gasteiger partial charge on any atom is 0.131 e. The number of hydrogen-bond acceptors (Lipinski definition) is 5. The highest BCUT2D eigenvalue weighted by Crippen LogP contribution is 2.17. The van der Waals surface area contributed by atoms with Crippen LogP contribution in [0.5, 0.6) is 5.75 Å². The van der Waals surface area contributed by atoms with Gasteiger partial charge in [0.05, 0.1) is 12.3 Å². The summed E-state index contributed by atoms with van der Waals surface area (Å²) >= 11 is 1.67. The summed E-state index contributed by atoms with van der Waals surface area (Å²) in [6, 6.07) is 7.95. The zero-order chi connectivity index (χ0) is 14.9. The number of nitrogens with one attached hydrogen (secondary N) is 1. The van der Waals surface area contributed by atoms with Gasteiger partial charge in [0.15, 0.2) is 0 Å². The first-order chi connectivity index (χ1) is 10.3. The molecule has 1 heterocycles. The van der Waals surface area contributed by atoms with Crippen molar-refractivity contribution in [2.45, 2.75) is 33.1 Å². The van der Waals surface area contributed by atoms with Crippen molar-refractivity contribution in [2.24, 2.45) is 0 Å². The normalized spacial score (nSPS) is 10.8. The topological polar surface area (TPSA) is 43.4 Å². The van der Waals surface area contributed by atoms with E-state index < -0.39 is 0 Å². The molecule has 0 bridgehead atoms. The summed E-state index contributed by atoms with van der Waals surface area (Å²) < 4.78 is 10.9. The highest BCUT2D eigenvalue weighted by Gasteiger charge is 2.03. The number of aromatic nitrogens is 1. The molecule has 114 valence electrons. The van der Waals surface area contributed by atoms with Gasteiger partial charge in [0, 0.05) is 19.0 Å². The van der Waals surface area contributed by atoms with E-state index in [1.165, 1.54) is 0 Å². The maximum atomic E-state index is 5.79. The fraction of sp³-hybridized carbons (Fsp3) is 0.438. The fourth-order valence-corrected chi connectivity index (χ4v) is 2.67. The minimum absolute atomic E-state index is 0.501. The molecule has 1 N–H and O–H groups in total. The van der Waals surface area contributed by atoms with Crippen molar-refractivity contribution in [1.82, 2.24) is 10.3 Å². The van der Waals surface area contributed by atoms with Crippen molar-refractivity contribution in [1.29, 1.82) is 0 Å². The van der Waals surface area contributed by atoms with Gasteiger partial charge in [-0.1, -0.05) is 19.1 Å². The minimum Gasteiger partial charge on any atom is -0.487 e. The van der Waals surface area contributed by atoms with E-state index in [9.17, 15) is 0 Å². The quantitative estimate of drug-likeness (QED) is 0.721. The first-order valence-corrected chi connectivity index (χ1v) is 8.04. The van der Waals surface area contributed by atoms with Crippen LogP contribution in [0.3, 0.4) is 0 Å². The molecule has 1 aromatic carbocycles. The molecule has 0 radical (unpaired) electrons. The third-order valence-electron chi connectivity index (χ3n) is 2.90. The fourth-order valence-electron chi connectivity index (χ4n) is 1.92. The van der Waals surface area contributed by atoms with Gasteiger partial charge in [-0.05, 0) is 30.7 Å². The molecular formula is C16H22N2O2S.